The summed E-state index contributed by atoms with van der Waals surface area (Å²) < 4.78 is 0. The maximum absolute atomic E-state index is 11.1. The monoisotopic (exact) mass is 251 g/mol. The lowest BCUT2D eigenvalue weighted by atomic mass is 10.1. The number of non-ortho nitro benzene ring substituents is 1. The summed E-state index contributed by atoms with van der Waals surface area (Å²) in [5.41, 5.74) is 0.687. The molecule has 0 spiro atoms. The van der Waals surface area contributed by atoms with Gasteiger partial charge in [-0.3, -0.25) is 20.2 Å². The van der Waals surface area contributed by atoms with Crippen LogP contribution in [0, 0.1) is 27.2 Å². The molecule has 0 bridgehead atoms. The molecular formula is C11H13N3O4. The van der Waals surface area contributed by atoms with Crippen molar-refractivity contribution < 1.29 is 9.85 Å². The fourth-order valence-corrected chi connectivity index (χ4v) is 2.34. The molecule has 0 radical (unpaired) electrons. The van der Waals surface area contributed by atoms with Crippen molar-refractivity contribution in [1.82, 2.24) is 0 Å². The summed E-state index contributed by atoms with van der Waals surface area (Å²) >= 11 is 0. The first-order valence-corrected chi connectivity index (χ1v) is 5.69. The normalized spacial score (nSPS) is 14.8. The Balaban J connectivity index is 2.56. The Labute approximate surface area is 103 Å². The van der Waals surface area contributed by atoms with E-state index in [2.05, 4.69) is 0 Å². The highest BCUT2D eigenvalue weighted by Gasteiger charge is 2.27. The summed E-state index contributed by atoms with van der Waals surface area (Å²) in [5, 5.41) is 21.8. The van der Waals surface area contributed by atoms with Gasteiger partial charge >= 0.3 is 0 Å². The second kappa shape index (κ2) is 4.59. The number of aryl methyl sites for hydroxylation is 1. The lowest BCUT2D eigenvalue weighted by Gasteiger charge is -2.19. The average molecular weight is 251 g/mol. The fraction of sp³-hybridized carbons (Fsp3) is 0.455. The molecule has 1 aromatic rings. The van der Waals surface area contributed by atoms with Gasteiger partial charge in [-0.1, -0.05) is 0 Å². The first-order chi connectivity index (χ1) is 8.50. The van der Waals surface area contributed by atoms with Crippen molar-refractivity contribution in [3.8, 4) is 0 Å². The third kappa shape index (κ3) is 2.11. The van der Waals surface area contributed by atoms with Gasteiger partial charge in [0.15, 0.2) is 0 Å². The number of anilines is 1. The Morgan fingerprint density at radius 1 is 1.11 bits per heavy atom. The van der Waals surface area contributed by atoms with Crippen LogP contribution >= 0.6 is 0 Å². The topological polar surface area (TPSA) is 89.5 Å². The molecule has 0 aliphatic carbocycles. The van der Waals surface area contributed by atoms with Gasteiger partial charge in [0.2, 0.25) is 0 Å². The quantitative estimate of drug-likeness (QED) is 0.607. The van der Waals surface area contributed by atoms with Crippen molar-refractivity contribution in [2.45, 2.75) is 19.8 Å². The first kappa shape index (κ1) is 12.3. The molecule has 0 aromatic heterocycles. The molecule has 1 heterocycles. The Bertz CT molecular complexity index is 509. The third-order valence-electron chi connectivity index (χ3n) is 3.09. The molecule has 18 heavy (non-hydrogen) atoms. The minimum Gasteiger partial charge on any atom is -0.366 e. The van der Waals surface area contributed by atoms with Crippen molar-refractivity contribution in [2.75, 3.05) is 18.0 Å². The lowest BCUT2D eigenvalue weighted by molar-refractivity contribution is -0.393. The van der Waals surface area contributed by atoms with Crippen LogP contribution in [0.4, 0.5) is 17.1 Å². The molecule has 1 fully saturated rings. The number of hydrogen-bond acceptors (Lipinski definition) is 5. The summed E-state index contributed by atoms with van der Waals surface area (Å²) in [4.78, 5) is 22.6. The molecule has 0 saturated carbocycles. The molecular weight excluding hydrogens is 238 g/mol. The van der Waals surface area contributed by atoms with Gasteiger partial charge in [-0.15, -0.1) is 0 Å². The van der Waals surface area contributed by atoms with Crippen LogP contribution in [-0.2, 0) is 0 Å². The standard InChI is InChI=1S/C11H13N3O4/c1-8-6-9(13(15)16)7-10(14(17)18)11(8)12-4-2-3-5-12/h6-7H,2-5H2,1H3. The van der Waals surface area contributed by atoms with Crippen LogP contribution < -0.4 is 4.90 Å². The molecule has 0 unspecified atom stereocenters. The number of hydrogen-bond donors (Lipinski definition) is 0. The molecule has 2 rings (SSSR count). The molecule has 1 aliphatic rings. The van der Waals surface area contributed by atoms with Gasteiger partial charge in [-0.25, -0.2) is 0 Å². The number of rotatable bonds is 3. The fourth-order valence-electron chi connectivity index (χ4n) is 2.34. The smallest absolute Gasteiger partial charge is 0.299 e. The van der Waals surface area contributed by atoms with Crippen LogP contribution in [0.25, 0.3) is 0 Å². The zero-order valence-electron chi connectivity index (χ0n) is 9.96. The Hall–Kier alpha value is -2.18. The van der Waals surface area contributed by atoms with Gasteiger partial charge in [0.1, 0.15) is 5.69 Å². The van der Waals surface area contributed by atoms with Crippen molar-refractivity contribution >= 4 is 17.1 Å². The molecule has 1 saturated heterocycles. The summed E-state index contributed by atoms with van der Waals surface area (Å²) in [6, 6.07) is 2.43. The highest BCUT2D eigenvalue weighted by atomic mass is 16.6. The van der Waals surface area contributed by atoms with Crippen LogP contribution in [0.1, 0.15) is 18.4 Å². The number of nitrogens with zero attached hydrogens (tertiary/aromatic N) is 3. The molecule has 1 aliphatic heterocycles. The Kier molecular flexibility index (Phi) is 3.14. The molecule has 0 amide bonds. The van der Waals surface area contributed by atoms with E-state index in [1.807, 2.05) is 4.90 Å². The van der Waals surface area contributed by atoms with Crippen molar-refractivity contribution in [3.63, 3.8) is 0 Å². The maximum Gasteiger partial charge on any atom is 0.299 e. The minimum absolute atomic E-state index is 0.177. The average Bonchev–Trinajstić information content (AvgIpc) is 2.80. The van der Waals surface area contributed by atoms with Gasteiger partial charge in [0, 0.05) is 19.2 Å². The first-order valence-electron chi connectivity index (χ1n) is 5.69. The summed E-state index contributed by atoms with van der Waals surface area (Å²) in [6.45, 7) is 3.20. The second-order valence-corrected chi connectivity index (χ2v) is 4.34. The number of benzene rings is 1. The summed E-state index contributed by atoms with van der Waals surface area (Å²) in [6.07, 6.45) is 1.99. The van der Waals surface area contributed by atoms with E-state index in [4.69, 9.17) is 0 Å². The van der Waals surface area contributed by atoms with Gasteiger partial charge in [0.05, 0.1) is 15.9 Å². The highest BCUT2D eigenvalue weighted by Crippen LogP contribution is 2.37. The number of nitro groups is 2. The molecule has 7 nitrogen and oxygen atoms in total. The van der Waals surface area contributed by atoms with Crippen LogP contribution in [0.3, 0.4) is 0 Å². The highest BCUT2D eigenvalue weighted by molar-refractivity contribution is 5.71. The Morgan fingerprint density at radius 3 is 2.22 bits per heavy atom. The molecule has 1 aromatic carbocycles. The molecule has 7 heteroatoms. The SMILES string of the molecule is Cc1cc([N+](=O)[O-])cc([N+](=O)[O-])c1N1CCCC1. The zero-order chi connectivity index (χ0) is 13.3. The van der Waals surface area contributed by atoms with Crippen LogP contribution in [0.15, 0.2) is 12.1 Å². The van der Waals surface area contributed by atoms with E-state index in [1.165, 1.54) is 6.07 Å². The molecule has 96 valence electrons. The van der Waals surface area contributed by atoms with Crippen LogP contribution in [0.2, 0.25) is 0 Å². The van der Waals surface area contributed by atoms with Gasteiger partial charge < -0.3 is 4.90 Å². The van der Waals surface area contributed by atoms with Crippen molar-refractivity contribution in [3.05, 3.63) is 37.9 Å². The van der Waals surface area contributed by atoms with E-state index in [1.54, 1.807) is 6.92 Å². The van der Waals surface area contributed by atoms with Crippen molar-refractivity contribution in [1.29, 1.82) is 0 Å². The van der Waals surface area contributed by atoms with Gasteiger partial charge in [0.25, 0.3) is 11.4 Å². The second-order valence-electron chi connectivity index (χ2n) is 4.34. The van der Waals surface area contributed by atoms with E-state index < -0.39 is 9.85 Å². The van der Waals surface area contributed by atoms with E-state index >= 15 is 0 Å². The van der Waals surface area contributed by atoms with E-state index in [0.29, 0.717) is 11.3 Å². The zero-order valence-corrected chi connectivity index (χ0v) is 9.96. The van der Waals surface area contributed by atoms with E-state index in [0.717, 1.165) is 32.0 Å². The molecule has 0 N–H and O–H groups in total. The van der Waals surface area contributed by atoms with Gasteiger partial charge in [-0.2, -0.15) is 0 Å². The minimum atomic E-state index is -0.603. The summed E-state index contributed by atoms with van der Waals surface area (Å²) in [7, 11) is 0. The predicted octanol–water partition coefficient (Wildman–Crippen LogP) is 2.41. The summed E-state index contributed by atoms with van der Waals surface area (Å²) in [5.74, 6) is 0. The van der Waals surface area contributed by atoms with Gasteiger partial charge in [-0.05, 0) is 25.3 Å². The Morgan fingerprint density at radius 2 is 1.72 bits per heavy atom. The van der Waals surface area contributed by atoms with Crippen LogP contribution in [0.5, 0.6) is 0 Å². The van der Waals surface area contributed by atoms with E-state index in [9.17, 15) is 20.2 Å². The molecule has 0 atom stereocenters. The maximum atomic E-state index is 11.1. The van der Waals surface area contributed by atoms with E-state index in [-0.39, 0.29) is 11.4 Å². The predicted molar refractivity (Wildman–Crippen MR) is 65.9 cm³/mol. The largest absolute Gasteiger partial charge is 0.366 e. The lowest BCUT2D eigenvalue weighted by Crippen LogP contribution is -2.20. The third-order valence-corrected chi connectivity index (χ3v) is 3.09. The number of nitro benzene ring substituents is 2. The van der Waals surface area contributed by atoms with Crippen molar-refractivity contribution in [2.24, 2.45) is 0 Å². The van der Waals surface area contributed by atoms with Crippen LogP contribution in [-0.4, -0.2) is 22.9 Å².